The number of fused-ring (bicyclic) bond motifs is 1. The first-order valence-corrected chi connectivity index (χ1v) is 6.54. The molecule has 2 aromatic rings. The molecule has 3 N–H and O–H groups in total. The zero-order valence-corrected chi connectivity index (χ0v) is 11.1. The Morgan fingerprint density at radius 2 is 2.05 bits per heavy atom. The summed E-state index contributed by atoms with van der Waals surface area (Å²) in [7, 11) is 0. The van der Waals surface area contributed by atoms with Crippen molar-refractivity contribution in [2.75, 3.05) is 0 Å². The summed E-state index contributed by atoms with van der Waals surface area (Å²) in [5.74, 6) is -1.77. The van der Waals surface area contributed by atoms with Crippen molar-refractivity contribution in [1.82, 2.24) is 4.98 Å². The molecule has 0 saturated heterocycles. The molecule has 1 aliphatic rings. The van der Waals surface area contributed by atoms with Crippen LogP contribution in [0.4, 0.5) is 8.78 Å². The third kappa shape index (κ3) is 2.56. The second-order valence-electron chi connectivity index (χ2n) is 4.89. The normalized spacial score (nSPS) is 13.0. The van der Waals surface area contributed by atoms with Gasteiger partial charge in [-0.3, -0.25) is 5.41 Å². The fourth-order valence-corrected chi connectivity index (χ4v) is 2.38. The molecule has 1 aromatic heterocycles. The Kier molecular flexibility index (Phi) is 3.29. The van der Waals surface area contributed by atoms with Crippen LogP contribution in [0.3, 0.4) is 0 Å². The van der Waals surface area contributed by atoms with Crippen LogP contribution in [0, 0.1) is 17.0 Å². The van der Waals surface area contributed by atoms with Gasteiger partial charge in [0.1, 0.15) is 11.7 Å². The van der Waals surface area contributed by atoms with Gasteiger partial charge in [-0.15, -0.1) is 0 Å². The molecule has 3 rings (SSSR count). The lowest BCUT2D eigenvalue weighted by molar-refractivity contribution is 0.420. The van der Waals surface area contributed by atoms with E-state index in [0.29, 0.717) is 5.56 Å². The number of nitrogens with two attached hydrogens (primary N) is 1. The van der Waals surface area contributed by atoms with Gasteiger partial charge in [-0.25, -0.2) is 13.8 Å². The van der Waals surface area contributed by atoms with Gasteiger partial charge in [-0.2, -0.15) is 0 Å². The third-order valence-electron chi connectivity index (χ3n) is 3.41. The average Bonchev–Trinajstić information content (AvgIpc) is 2.89. The van der Waals surface area contributed by atoms with Crippen LogP contribution < -0.4 is 10.5 Å². The predicted octanol–water partition coefficient (Wildman–Crippen LogP) is 2.92. The molecule has 1 aromatic carbocycles. The van der Waals surface area contributed by atoms with Crippen LogP contribution in [0.5, 0.6) is 11.6 Å². The Labute approximate surface area is 120 Å². The predicted molar refractivity (Wildman–Crippen MR) is 73.7 cm³/mol. The van der Waals surface area contributed by atoms with Crippen molar-refractivity contribution in [2.45, 2.75) is 19.3 Å². The number of nitrogen functional groups attached to an aromatic ring is 1. The zero-order valence-electron chi connectivity index (χ0n) is 11.1. The maximum Gasteiger partial charge on any atom is 0.230 e. The highest BCUT2D eigenvalue weighted by molar-refractivity contribution is 5.97. The first-order chi connectivity index (χ1) is 10.0. The molecule has 0 atom stereocenters. The Bertz CT molecular complexity index is 731. The van der Waals surface area contributed by atoms with Crippen LogP contribution in [0.15, 0.2) is 24.3 Å². The number of nitrogens with zero attached hydrogens (tertiary/aromatic N) is 1. The number of benzene rings is 1. The zero-order chi connectivity index (χ0) is 15.0. The Balaban J connectivity index is 2.05. The Morgan fingerprint density at radius 3 is 2.81 bits per heavy atom. The minimum atomic E-state index is -0.701. The van der Waals surface area contributed by atoms with E-state index < -0.39 is 11.6 Å². The third-order valence-corrected chi connectivity index (χ3v) is 3.41. The molecule has 0 amide bonds. The number of halogens is 2. The SMILES string of the molecule is N=C(N)c1cc2c(nc1Oc1cc(F)ccc1F)CCC2. The van der Waals surface area contributed by atoms with Gasteiger partial charge in [0.15, 0.2) is 11.6 Å². The molecule has 0 radical (unpaired) electrons. The van der Waals surface area contributed by atoms with Gasteiger partial charge >= 0.3 is 0 Å². The highest BCUT2D eigenvalue weighted by Crippen LogP contribution is 2.30. The minimum absolute atomic E-state index is 0.0349. The molecular formula is C15H13F2N3O. The molecule has 0 fully saturated rings. The van der Waals surface area contributed by atoms with Crippen molar-refractivity contribution in [1.29, 1.82) is 5.41 Å². The van der Waals surface area contributed by atoms with Crippen molar-refractivity contribution >= 4 is 5.84 Å². The van der Waals surface area contributed by atoms with E-state index >= 15 is 0 Å². The maximum absolute atomic E-state index is 13.7. The summed E-state index contributed by atoms with van der Waals surface area (Å²) in [6, 6.07) is 4.66. The van der Waals surface area contributed by atoms with Gasteiger partial charge in [-0.1, -0.05) is 0 Å². The molecule has 0 aliphatic heterocycles. The van der Waals surface area contributed by atoms with E-state index in [1.54, 1.807) is 6.07 Å². The number of aromatic nitrogens is 1. The number of hydrogen-bond acceptors (Lipinski definition) is 3. The summed E-state index contributed by atoms with van der Waals surface area (Å²) in [5, 5.41) is 7.59. The molecular weight excluding hydrogens is 276 g/mol. The van der Waals surface area contributed by atoms with E-state index in [4.69, 9.17) is 15.9 Å². The fraction of sp³-hybridized carbons (Fsp3) is 0.200. The average molecular weight is 289 g/mol. The first-order valence-electron chi connectivity index (χ1n) is 6.54. The van der Waals surface area contributed by atoms with Crippen molar-refractivity contribution in [3.63, 3.8) is 0 Å². The van der Waals surface area contributed by atoms with Crippen molar-refractivity contribution in [3.8, 4) is 11.6 Å². The smallest absolute Gasteiger partial charge is 0.230 e. The number of nitrogens with one attached hydrogen (secondary N) is 1. The molecule has 0 saturated carbocycles. The molecule has 0 spiro atoms. The second-order valence-corrected chi connectivity index (χ2v) is 4.89. The van der Waals surface area contributed by atoms with Gasteiger partial charge < -0.3 is 10.5 Å². The monoisotopic (exact) mass is 289 g/mol. The van der Waals surface area contributed by atoms with E-state index in [0.717, 1.165) is 48.7 Å². The van der Waals surface area contributed by atoms with Crippen molar-refractivity contribution in [2.24, 2.45) is 5.73 Å². The van der Waals surface area contributed by atoms with E-state index in [1.165, 1.54) is 0 Å². The number of ether oxygens (including phenoxy) is 1. The highest BCUT2D eigenvalue weighted by Gasteiger charge is 2.20. The van der Waals surface area contributed by atoms with Crippen molar-refractivity contribution in [3.05, 3.63) is 52.7 Å². The molecule has 1 aliphatic carbocycles. The highest BCUT2D eigenvalue weighted by atomic mass is 19.1. The summed E-state index contributed by atoms with van der Waals surface area (Å²) < 4.78 is 32.2. The maximum atomic E-state index is 13.7. The standard InChI is InChI=1S/C15H13F2N3O/c16-9-4-5-11(17)13(7-9)21-15-10(14(18)19)6-8-2-1-3-12(8)20-15/h4-7H,1-3H2,(H3,18,19). The topological polar surface area (TPSA) is 72.0 Å². The summed E-state index contributed by atoms with van der Waals surface area (Å²) in [6.45, 7) is 0. The molecule has 0 unspecified atom stereocenters. The molecule has 108 valence electrons. The van der Waals surface area contributed by atoms with Crippen LogP contribution >= 0.6 is 0 Å². The number of aryl methyl sites for hydroxylation is 2. The number of pyridine rings is 1. The summed E-state index contributed by atoms with van der Waals surface area (Å²) in [5.41, 5.74) is 7.69. The summed E-state index contributed by atoms with van der Waals surface area (Å²) >= 11 is 0. The van der Waals surface area contributed by atoms with Crippen LogP contribution in [0.1, 0.15) is 23.2 Å². The number of rotatable bonds is 3. The Hall–Kier alpha value is -2.50. The molecule has 0 bridgehead atoms. The van der Waals surface area contributed by atoms with Crippen LogP contribution in [0.25, 0.3) is 0 Å². The Morgan fingerprint density at radius 1 is 1.24 bits per heavy atom. The van der Waals surface area contributed by atoms with E-state index in [2.05, 4.69) is 4.98 Å². The minimum Gasteiger partial charge on any atom is -0.435 e. The molecule has 21 heavy (non-hydrogen) atoms. The van der Waals surface area contributed by atoms with E-state index in [1.807, 2.05) is 0 Å². The lowest BCUT2D eigenvalue weighted by Crippen LogP contribution is -2.14. The van der Waals surface area contributed by atoms with Gasteiger partial charge in [0.05, 0.1) is 5.56 Å². The lowest BCUT2D eigenvalue weighted by atomic mass is 10.1. The van der Waals surface area contributed by atoms with Gasteiger partial charge in [-0.05, 0) is 43.0 Å². The largest absolute Gasteiger partial charge is 0.435 e. The quantitative estimate of drug-likeness (QED) is 0.674. The van der Waals surface area contributed by atoms with Crippen LogP contribution in [-0.2, 0) is 12.8 Å². The molecule has 1 heterocycles. The lowest BCUT2D eigenvalue weighted by Gasteiger charge is -2.12. The van der Waals surface area contributed by atoms with Crippen molar-refractivity contribution < 1.29 is 13.5 Å². The van der Waals surface area contributed by atoms with Gasteiger partial charge in [0, 0.05) is 11.8 Å². The molecule has 6 heteroatoms. The summed E-state index contributed by atoms with van der Waals surface area (Å²) in [4.78, 5) is 4.31. The van der Waals surface area contributed by atoms with Crippen LogP contribution in [-0.4, -0.2) is 10.8 Å². The first kappa shape index (κ1) is 13.5. The number of hydrogen-bond donors (Lipinski definition) is 2. The molecule has 4 nitrogen and oxygen atoms in total. The van der Waals surface area contributed by atoms with E-state index in [9.17, 15) is 8.78 Å². The van der Waals surface area contributed by atoms with E-state index in [-0.39, 0.29) is 17.5 Å². The fourth-order valence-electron chi connectivity index (χ4n) is 2.38. The number of amidine groups is 1. The summed E-state index contributed by atoms with van der Waals surface area (Å²) in [6.07, 6.45) is 2.64. The van der Waals surface area contributed by atoms with Crippen LogP contribution in [0.2, 0.25) is 0 Å². The van der Waals surface area contributed by atoms with Gasteiger partial charge in [0.25, 0.3) is 0 Å². The van der Waals surface area contributed by atoms with Gasteiger partial charge in [0.2, 0.25) is 5.88 Å². The second kappa shape index (κ2) is 5.12.